The first-order valence-electron chi connectivity index (χ1n) is 8.50. The number of pyridine rings is 1. The van der Waals surface area contributed by atoms with Crippen LogP contribution in [0.25, 0.3) is 0 Å². The summed E-state index contributed by atoms with van der Waals surface area (Å²) in [4.78, 5) is 28.0. The Kier molecular flexibility index (Phi) is 6.98. The molecule has 0 fully saturated rings. The molecule has 0 saturated heterocycles. The number of rotatable bonds is 8. The number of carbonyl (C=O) groups excluding carboxylic acids is 2. The zero-order valence-corrected chi connectivity index (χ0v) is 15.5. The molecule has 1 aromatic carbocycles. The molecule has 27 heavy (non-hydrogen) atoms. The van der Waals surface area contributed by atoms with Crippen molar-refractivity contribution in [2.75, 3.05) is 6.61 Å². The van der Waals surface area contributed by atoms with Crippen LogP contribution in [0.3, 0.4) is 0 Å². The van der Waals surface area contributed by atoms with Crippen LogP contribution in [0.15, 0.2) is 30.3 Å². The number of aryl methyl sites for hydroxylation is 2. The largest absolute Gasteiger partial charge is 0.488 e. The van der Waals surface area contributed by atoms with E-state index in [0.29, 0.717) is 22.7 Å². The van der Waals surface area contributed by atoms with Gasteiger partial charge in [0.25, 0.3) is 12.3 Å². The van der Waals surface area contributed by atoms with Crippen molar-refractivity contribution in [2.24, 2.45) is 0 Å². The molecule has 0 aliphatic heterocycles. The Morgan fingerprint density at radius 1 is 1.19 bits per heavy atom. The Morgan fingerprint density at radius 3 is 2.56 bits per heavy atom. The summed E-state index contributed by atoms with van der Waals surface area (Å²) in [5.41, 5.74) is 3.33. The van der Waals surface area contributed by atoms with Gasteiger partial charge in [-0.25, -0.2) is 8.78 Å². The number of benzene rings is 1. The van der Waals surface area contributed by atoms with Crippen LogP contribution in [0.2, 0.25) is 0 Å². The third kappa shape index (κ3) is 6.44. The number of carbonyl (C=O) groups is 2. The van der Waals surface area contributed by atoms with Gasteiger partial charge in [0.1, 0.15) is 18.1 Å². The van der Waals surface area contributed by atoms with Gasteiger partial charge in [-0.05, 0) is 56.2 Å². The van der Waals surface area contributed by atoms with Gasteiger partial charge in [-0.15, -0.1) is 0 Å². The topological polar surface area (TPSA) is 68.3 Å². The van der Waals surface area contributed by atoms with Crippen molar-refractivity contribution in [3.63, 3.8) is 0 Å². The molecular weight excluding hydrogens is 354 g/mol. The summed E-state index contributed by atoms with van der Waals surface area (Å²) in [6.45, 7) is 4.69. The van der Waals surface area contributed by atoms with Crippen molar-refractivity contribution >= 4 is 11.7 Å². The molecule has 2 aromatic rings. The molecule has 2 rings (SSSR count). The van der Waals surface area contributed by atoms with E-state index in [2.05, 4.69) is 10.3 Å². The van der Waals surface area contributed by atoms with Crippen molar-refractivity contribution in [1.82, 2.24) is 10.3 Å². The molecule has 144 valence electrons. The molecular formula is C20H22F2N2O3. The van der Waals surface area contributed by atoms with Crippen molar-refractivity contribution < 1.29 is 23.1 Å². The van der Waals surface area contributed by atoms with Crippen molar-refractivity contribution in [3.8, 4) is 5.75 Å². The molecule has 5 nitrogen and oxygen atoms in total. The quantitative estimate of drug-likeness (QED) is 0.767. The van der Waals surface area contributed by atoms with Crippen LogP contribution in [-0.2, 0) is 17.8 Å². The normalized spacial score (nSPS) is 10.7. The lowest BCUT2D eigenvalue weighted by Gasteiger charge is -2.12. The second kappa shape index (κ2) is 9.21. The average Bonchev–Trinajstić information content (AvgIpc) is 2.57. The number of Topliss-reactive ketones (excluding diaryl/α,β-unsaturated/α-hetero) is 1. The highest BCUT2D eigenvalue weighted by molar-refractivity contribution is 5.94. The maximum atomic E-state index is 12.4. The molecule has 1 heterocycles. The summed E-state index contributed by atoms with van der Waals surface area (Å²) < 4.78 is 29.4. The molecule has 0 radical (unpaired) electrons. The maximum Gasteiger partial charge on any atom is 0.272 e. The van der Waals surface area contributed by atoms with Gasteiger partial charge in [0.2, 0.25) is 0 Å². The standard InChI is InChI=1S/C20H22F2N2O3/c1-12-6-18(27-11-19(21)22)5-4-15(12)10-23-20(26)16-7-13(2)24-17(9-16)8-14(3)25/h4-7,9,19H,8,10-11H2,1-3H3,(H,23,26). The predicted octanol–water partition coefficient (Wildman–Crippen LogP) is 3.40. The molecule has 7 heteroatoms. The molecule has 1 N–H and O–H groups in total. The highest BCUT2D eigenvalue weighted by atomic mass is 19.3. The van der Waals surface area contributed by atoms with E-state index >= 15 is 0 Å². The van der Waals surface area contributed by atoms with Crippen LogP contribution in [0.1, 0.15) is 39.8 Å². The van der Waals surface area contributed by atoms with Crippen LogP contribution in [0.5, 0.6) is 5.75 Å². The van der Waals surface area contributed by atoms with Crippen molar-refractivity contribution in [2.45, 2.75) is 40.2 Å². The van der Waals surface area contributed by atoms with Gasteiger partial charge in [0.15, 0.2) is 0 Å². The van der Waals surface area contributed by atoms with Gasteiger partial charge in [-0.2, -0.15) is 0 Å². The van der Waals surface area contributed by atoms with E-state index in [-0.39, 0.29) is 24.7 Å². The van der Waals surface area contributed by atoms with Gasteiger partial charge < -0.3 is 10.1 Å². The Balaban J connectivity index is 2.03. The molecule has 0 aliphatic carbocycles. The summed E-state index contributed by atoms with van der Waals surface area (Å²) in [5.74, 6) is 0.0634. The Morgan fingerprint density at radius 2 is 1.93 bits per heavy atom. The molecule has 0 aliphatic rings. The summed E-state index contributed by atoms with van der Waals surface area (Å²) in [7, 11) is 0. The van der Waals surface area contributed by atoms with Gasteiger partial charge >= 0.3 is 0 Å². The lowest BCUT2D eigenvalue weighted by molar-refractivity contribution is -0.116. The van der Waals surface area contributed by atoms with Crippen LogP contribution < -0.4 is 10.1 Å². The molecule has 1 amide bonds. The molecule has 1 aromatic heterocycles. The summed E-state index contributed by atoms with van der Waals surface area (Å²) in [6.07, 6.45) is -2.35. The first kappa shape index (κ1) is 20.5. The number of ketones is 1. The van der Waals surface area contributed by atoms with Gasteiger partial charge in [-0.3, -0.25) is 14.6 Å². The SMILES string of the molecule is CC(=O)Cc1cc(C(=O)NCc2ccc(OCC(F)F)cc2C)cc(C)n1. The van der Waals surface area contributed by atoms with Crippen molar-refractivity contribution in [3.05, 3.63) is 58.4 Å². The lowest BCUT2D eigenvalue weighted by atomic mass is 10.1. The smallest absolute Gasteiger partial charge is 0.272 e. The van der Waals surface area contributed by atoms with E-state index in [1.807, 2.05) is 6.92 Å². The fourth-order valence-corrected chi connectivity index (χ4v) is 2.61. The van der Waals surface area contributed by atoms with Crippen LogP contribution in [0, 0.1) is 13.8 Å². The van der Waals surface area contributed by atoms with E-state index in [1.54, 1.807) is 37.3 Å². The Labute approximate surface area is 156 Å². The summed E-state index contributed by atoms with van der Waals surface area (Å²) in [5, 5.41) is 2.82. The molecule has 0 saturated carbocycles. The van der Waals surface area contributed by atoms with E-state index < -0.39 is 13.0 Å². The van der Waals surface area contributed by atoms with Crippen LogP contribution in [-0.4, -0.2) is 29.7 Å². The van der Waals surface area contributed by atoms with E-state index in [4.69, 9.17) is 4.74 Å². The van der Waals surface area contributed by atoms with E-state index in [1.165, 1.54) is 6.92 Å². The third-order valence-electron chi connectivity index (χ3n) is 3.83. The first-order valence-corrected chi connectivity index (χ1v) is 8.50. The van der Waals surface area contributed by atoms with Gasteiger partial charge in [0.05, 0.1) is 0 Å². The highest BCUT2D eigenvalue weighted by Gasteiger charge is 2.11. The zero-order chi connectivity index (χ0) is 20.0. The number of hydrogen-bond acceptors (Lipinski definition) is 4. The third-order valence-corrected chi connectivity index (χ3v) is 3.83. The van der Waals surface area contributed by atoms with Crippen molar-refractivity contribution in [1.29, 1.82) is 0 Å². The fourth-order valence-electron chi connectivity index (χ4n) is 2.61. The number of nitrogens with zero attached hydrogens (tertiary/aromatic N) is 1. The van der Waals surface area contributed by atoms with Gasteiger partial charge in [0, 0.05) is 29.9 Å². The van der Waals surface area contributed by atoms with Crippen LogP contribution in [0.4, 0.5) is 8.78 Å². The number of amides is 1. The van der Waals surface area contributed by atoms with E-state index in [0.717, 1.165) is 11.1 Å². The number of alkyl halides is 2. The predicted molar refractivity (Wildman–Crippen MR) is 97.2 cm³/mol. The van der Waals surface area contributed by atoms with E-state index in [9.17, 15) is 18.4 Å². The number of aromatic nitrogens is 1. The number of halogens is 2. The highest BCUT2D eigenvalue weighted by Crippen LogP contribution is 2.18. The monoisotopic (exact) mass is 376 g/mol. The number of nitrogens with one attached hydrogen (secondary N) is 1. The number of hydrogen-bond donors (Lipinski definition) is 1. The minimum absolute atomic E-state index is 0.0239. The Hall–Kier alpha value is -2.83. The zero-order valence-electron chi connectivity index (χ0n) is 15.5. The fraction of sp³-hybridized carbons (Fsp3) is 0.350. The summed E-state index contributed by atoms with van der Waals surface area (Å²) >= 11 is 0. The second-order valence-corrected chi connectivity index (χ2v) is 6.34. The second-order valence-electron chi connectivity index (χ2n) is 6.34. The van der Waals surface area contributed by atoms with Crippen LogP contribution >= 0.6 is 0 Å². The maximum absolute atomic E-state index is 12.4. The van der Waals surface area contributed by atoms with Gasteiger partial charge in [-0.1, -0.05) is 6.07 Å². The first-order chi connectivity index (χ1) is 12.7. The minimum atomic E-state index is -2.53. The molecule has 0 spiro atoms. The molecule has 0 unspecified atom stereocenters. The molecule has 0 bridgehead atoms. The number of ether oxygens (including phenoxy) is 1. The molecule has 0 atom stereocenters. The summed E-state index contributed by atoms with van der Waals surface area (Å²) in [6, 6.07) is 8.25. The average molecular weight is 376 g/mol. The Bertz CT molecular complexity index is 838. The minimum Gasteiger partial charge on any atom is -0.488 e. The lowest BCUT2D eigenvalue weighted by Crippen LogP contribution is -2.23.